The molecule has 0 fully saturated rings. The molecule has 0 aliphatic rings. The molecule has 1 aromatic carbocycles. The predicted molar refractivity (Wildman–Crippen MR) is 78.9 cm³/mol. The zero-order valence-corrected chi connectivity index (χ0v) is 12.3. The number of hydrogen-bond acceptors (Lipinski definition) is 3. The third-order valence-corrected chi connectivity index (χ3v) is 3.19. The van der Waals surface area contributed by atoms with Crippen LogP contribution >= 0.6 is 11.8 Å². The van der Waals surface area contributed by atoms with Crippen molar-refractivity contribution >= 4 is 23.4 Å². The maximum absolute atomic E-state index is 11.5. The van der Waals surface area contributed by atoms with Gasteiger partial charge in [0.15, 0.2) is 0 Å². The molecule has 3 nitrogen and oxygen atoms in total. The lowest BCUT2D eigenvalue weighted by Crippen LogP contribution is -2.23. The Morgan fingerprint density at radius 1 is 1.33 bits per heavy atom. The van der Waals surface area contributed by atoms with E-state index in [-0.39, 0.29) is 16.7 Å². The van der Waals surface area contributed by atoms with Crippen molar-refractivity contribution in [3.63, 3.8) is 0 Å². The van der Waals surface area contributed by atoms with Crippen molar-refractivity contribution in [2.24, 2.45) is 5.73 Å². The highest BCUT2D eigenvalue weighted by molar-refractivity contribution is 8.00. The Morgan fingerprint density at radius 3 is 2.33 bits per heavy atom. The molecule has 0 saturated heterocycles. The summed E-state index contributed by atoms with van der Waals surface area (Å²) >= 11 is 1.81. The molecule has 1 unspecified atom stereocenters. The van der Waals surface area contributed by atoms with Gasteiger partial charge in [-0.2, -0.15) is 0 Å². The lowest BCUT2D eigenvalue weighted by Gasteiger charge is -2.17. The first-order valence-electron chi connectivity index (χ1n) is 6.11. The summed E-state index contributed by atoms with van der Waals surface area (Å²) in [6.45, 7) is 8.35. The Morgan fingerprint density at radius 2 is 1.89 bits per heavy atom. The molecule has 1 aromatic rings. The van der Waals surface area contributed by atoms with Crippen LogP contribution in [0.4, 0.5) is 5.69 Å². The molecule has 4 heteroatoms. The lowest BCUT2D eigenvalue weighted by molar-refractivity contribution is -0.116. The minimum Gasteiger partial charge on any atom is -0.327 e. The molecular formula is C14H22N2OS. The van der Waals surface area contributed by atoms with Gasteiger partial charge in [0.25, 0.3) is 0 Å². The summed E-state index contributed by atoms with van der Waals surface area (Å²) in [5.74, 6) is -0.0405. The second-order valence-electron chi connectivity index (χ2n) is 5.47. The summed E-state index contributed by atoms with van der Waals surface area (Å²) in [5, 5.41) is 2.84. The topological polar surface area (TPSA) is 55.1 Å². The summed E-state index contributed by atoms with van der Waals surface area (Å²) in [6.07, 6.45) is 0.346. The highest BCUT2D eigenvalue weighted by Crippen LogP contribution is 2.32. The molecular weight excluding hydrogens is 244 g/mol. The van der Waals surface area contributed by atoms with Crippen LogP contribution in [-0.2, 0) is 4.79 Å². The van der Waals surface area contributed by atoms with E-state index in [0.29, 0.717) is 6.42 Å². The van der Waals surface area contributed by atoms with E-state index in [4.69, 9.17) is 5.73 Å². The molecule has 18 heavy (non-hydrogen) atoms. The number of amides is 1. The Bertz CT molecular complexity index is 393. The van der Waals surface area contributed by atoms with Crippen molar-refractivity contribution in [3.8, 4) is 0 Å². The normalized spacial score (nSPS) is 13.2. The van der Waals surface area contributed by atoms with Crippen molar-refractivity contribution < 1.29 is 4.79 Å². The van der Waals surface area contributed by atoms with E-state index < -0.39 is 0 Å². The van der Waals surface area contributed by atoms with Crippen molar-refractivity contribution in [1.29, 1.82) is 0 Å². The van der Waals surface area contributed by atoms with Crippen LogP contribution in [0.5, 0.6) is 0 Å². The Balaban J connectivity index is 2.58. The van der Waals surface area contributed by atoms with Gasteiger partial charge in [0.2, 0.25) is 5.91 Å². The molecule has 1 atom stereocenters. The van der Waals surface area contributed by atoms with Gasteiger partial charge in [-0.15, -0.1) is 11.8 Å². The SMILES string of the molecule is CC(N)CC(=O)Nc1ccc(SC(C)(C)C)cc1. The molecule has 0 heterocycles. The van der Waals surface area contributed by atoms with E-state index in [2.05, 4.69) is 26.1 Å². The number of benzene rings is 1. The highest BCUT2D eigenvalue weighted by Gasteiger charge is 2.12. The summed E-state index contributed by atoms with van der Waals surface area (Å²) in [6, 6.07) is 7.79. The van der Waals surface area contributed by atoms with Gasteiger partial charge in [-0.25, -0.2) is 0 Å². The maximum Gasteiger partial charge on any atom is 0.225 e. The van der Waals surface area contributed by atoms with Crippen molar-refractivity contribution in [3.05, 3.63) is 24.3 Å². The number of anilines is 1. The highest BCUT2D eigenvalue weighted by atomic mass is 32.2. The molecule has 0 radical (unpaired) electrons. The van der Waals surface area contributed by atoms with Gasteiger partial charge in [-0.1, -0.05) is 20.8 Å². The summed E-state index contributed by atoms with van der Waals surface area (Å²) in [4.78, 5) is 12.7. The fraction of sp³-hybridized carbons (Fsp3) is 0.500. The first kappa shape index (κ1) is 15.1. The molecule has 0 aromatic heterocycles. The smallest absolute Gasteiger partial charge is 0.225 e. The van der Waals surface area contributed by atoms with E-state index >= 15 is 0 Å². The minimum atomic E-state index is -0.110. The van der Waals surface area contributed by atoms with Gasteiger partial charge < -0.3 is 11.1 Å². The van der Waals surface area contributed by atoms with Crippen LogP contribution in [0.25, 0.3) is 0 Å². The number of nitrogens with one attached hydrogen (secondary N) is 1. The lowest BCUT2D eigenvalue weighted by atomic mass is 10.2. The number of rotatable bonds is 4. The number of carbonyl (C=O) groups excluding carboxylic acids is 1. The van der Waals surface area contributed by atoms with Gasteiger partial charge in [-0.3, -0.25) is 4.79 Å². The van der Waals surface area contributed by atoms with Gasteiger partial charge in [0.05, 0.1) is 0 Å². The van der Waals surface area contributed by atoms with Gasteiger partial charge >= 0.3 is 0 Å². The van der Waals surface area contributed by atoms with Crippen LogP contribution in [0.1, 0.15) is 34.1 Å². The van der Waals surface area contributed by atoms with Gasteiger partial charge in [0.1, 0.15) is 0 Å². The molecule has 0 aliphatic heterocycles. The quantitative estimate of drug-likeness (QED) is 0.822. The van der Waals surface area contributed by atoms with Crippen molar-refractivity contribution in [2.45, 2.75) is 49.8 Å². The third kappa shape index (κ3) is 6.07. The molecule has 1 amide bonds. The van der Waals surface area contributed by atoms with E-state index in [1.807, 2.05) is 31.2 Å². The third-order valence-electron chi connectivity index (χ3n) is 2.07. The second-order valence-corrected chi connectivity index (χ2v) is 7.37. The standard InChI is InChI=1S/C14H22N2OS/c1-10(15)9-13(17)16-11-5-7-12(8-6-11)18-14(2,3)4/h5-8,10H,9,15H2,1-4H3,(H,16,17). The van der Waals surface area contributed by atoms with Crippen LogP contribution in [-0.4, -0.2) is 16.7 Å². The number of hydrogen-bond donors (Lipinski definition) is 2. The van der Waals surface area contributed by atoms with Gasteiger partial charge in [-0.05, 0) is 31.2 Å². The average Bonchev–Trinajstić information content (AvgIpc) is 2.17. The molecule has 0 saturated carbocycles. The minimum absolute atomic E-state index is 0.0405. The molecule has 100 valence electrons. The summed E-state index contributed by atoms with van der Waals surface area (Å²) < 4.78 is 0.194. The number of carbonyl (C=O) groups is 1. The number of nitrogens with two attached hydrogens (primary N) is 1. The molecule has 3 N–H and O–H groups in total. The molecule has 0 bridgehead atoms. The van der Waals surface area contributed by atoms with E-state index in [1.54, 1.807) is 11.8 Å². The Hall–Kier alpha value is -1.00. The van der Waals surface area contributed by atoms with Crippen LogP contribution in [0.3, 0.4) is 0 Å². The average molecular weight is 266 g/mol. The predicted octanol–water partition coefficient (Wildman–Crippen LogP) is 3.25. The first-order valence-corrected chi connectivity index (χ1v) is 6.92. The molecule has 0 aliphatic carbocycles. The Labute approximate surface area is 114 Å². The molecule has 1 rings (SSSR count). The number of thioether (sulfide) groups is 1. The monoisotopic (exact) mass is 266 g/mol. The van der Waals surface area contributed by atoms with E-state index in [9.17, 15) is 4.79 Å². The van der Waals surface area contributed by atoms with Crippen LogP contribution < -0.4 is 11.1 Å². The Kier molecular flexibility index (Phi) is 5.23. The van der Waals surface area contributed by atoms with E-state index in [0.717, 1.165) is 5.69 Å². The fourth-order valence-electron chi connectivity index (χ4n) is 1.46. The van der Waals surface area contributed by atoms with Crippen molar-refractivity contribution in [1.82, 2.24) is 0 Å². The van der Waals surface area contributed by atoms with Crippen molar-refractivity contribution in [2.75, 3.05) is 5.32 Å². The van der Waals surface area contributed by atoms with Gasteiger partial charge in [0, 0.05) is 27.8 Å². The summed E-state index contributed by atoms with van der Waals surface area (Å²) in [5.41, 5.74) is 6.39. The van der Waals surface area contributed by atoms with Crippen LogP contribution in [0, 0.1) is 0 Å². The van der Waals surface area contributed by atoms with E-state index in [1.165, 1.54) is 4.90 Å². The largest absolute Gasteiger partial charge is 0.327 e. The first-order chi connectivity index (χ1) is 8.26. The zero-order chi connectivity index (χ0) is 13.8. The fourth-order valence-corrected chi connectivity index (χ4v) is 2.44. The van der Waals surface area contributed by atoms with Crippen LogP contribution in [0.2, 0.25) is 0 Å². The maximum atomic E-state index is 11.5. The zero-order valence-electron chi connectivity index (χ0n) is 11.5. The van der Waals surface area contributed by atoms with Crippen LogP contribution in [0.15, 0.2) is 29.2 Å². The second kappa shape index (κ2) is 6.25. The molecule has 0 spiro atoms. The summed E-state index contributed by atoms with van der Waals surface area (Å²) in [7, 11) is 0.